The van der Waals surface area contributed by atoms with Crippen LogP contribution in [0.2, 0.25) is 10.0 Å². The van der Waals surface area contributed by atoms with Gasteiger partial charge >= 0.3 is 11.9 Å². The molecule has 2 aliphatic rings. The number of hydrogen-bond acceptors (Lipinski definition) is 7. The van der Waals surface area contributed by atoms with E-state index in [0.29, 0.717) is 39.7 Å². The fourth-order valence-corrected chi connectivity index (χ4v) is 6.61. The molecule has 4 aromatic carbocycles. The Labute approximate surface area is 324 Å². The van der Waals surface area contributed by atoms with Crippen LogP contribution < -0.4 is 10.6 Å². The molecule has 0 aliphatic heterocycles. The standard InChI is InChI=1S/C23H21ClN2O2.C21H17ClN2O2/c1-2-28-23(27)19-13-16(15-7-8-15)9-11-22(19)26-17-10-12-21(25-14-17)18-5-3-4-6-20(18)24;22-18-4-2-1-3-16(18)19-10-8-15(12-23-19)24-20-9-7-14(13-5-6-13)11-17(20)21(25)26/h3-6,9-15,26H,2,7-8H2,1H3;1-4,7-13,24H,5-6H2,(H,25,26). The molecule has 2 fully saturated rings. The van der Waals surface area contributed by atoms with Gasteiger partial charge in [-0.3, -0.25) is 9.97 Å². The third kappa shape index (κ3) is 8.90. The van der Waals surface area contributed by atoms with Gasteiger partial charge in [-0.25, -0.2) is 9.59 Å². The summed E-state index contributed by atoms with van der Waals surface area (Å²) in [6.45, 7) is 2.16. The number of esters is 1. The Balaban J connectivity index is 0.000000167. The molecule has 54 heavy (non-hydrogen) atoms. The van der Waals surface area contributed by atoms with Crippen molar-refractivity contribution in [1.82, 2.24) is 9.97 Å². The van der Waals surface area contributed by atoms with Crippen molar-refractivity contribution in [2.24, 2.45) is 0 Å². The molecule has 0 radical (unpaired) electrons. The lowest BCUT2D eigenvalue weighted by atomic mass is 10.0. The van der Waals surface area contributed by atoms with Crippen molar-refractivity contribution in [1.29, 1.82) is 0 Å². The van der Waals surface area contributed by atoms with Crippen LogP contribution in [0.5, 0.6) is 0 Å². The number of halogens is 2. The number of rotatable bonds is 11. The number of ether oxygens (including phenoxy) is 1. The quantitative estimate of drug-likeness (QED) is 0.112. The third-order valence-corrected chi connectivity index (χ3v) is 9.95. The summed E-state index contributed by atoms with van der Waals surface area (Å²) in [5.41, 5.74) is 9.24. The average Bonchev–Trinajstić information content (AvgIpc) is 4.12. The highest BCUT2D eigenvalue weighted by Gasteiger charge is 2.26. The fourth-order valence-electron chi connectivity index (χ4n) is 6.14. The van der Waals surface area contributed by atoms with Gasteiger partial charge in [0.15, 0.2) is 0 Å². The van der Waals surface area contributed by atoms with Crippen LogP contribution in [0.3, 0.4) is 0 Å². The Morgan fingerprint density at radius 1 is 0.667 bits per heavy atom. The molecule has 0 atom stereocenters. The molecule has 8 rings (SSSR count). The van der Waals surface area contributed by atoms with Crippen LogP contribution in [0.1, 0.15) is 76.3 Å². The van der Waals surface area contributed by atoms with E-state index < -0.39 is 5.97 Å². The molecule has 2 heterocycles. The molecule has 2 aliphatic carbocycles. The molecule has 2 aromatic heterocycles. The maximum Gasteiger partial charge on any atom is 0.340 e. The number of anilines is 4. The van der Waals surface area contributed by atoms with E-state index in [1.165, 1.54) is 18.4 Å². The summed E-state index contributed by atoms with van der Waals surface area (Å²) in [7, 11) is 0. The van der Waals surface area contributed by atoms with Crippen molar-refractivity contribution in [2.75, 3.05) is 17.2 Å². The third-order valence-electron chi connectivity index (χ3n) is 9.30. The number of benzene rings is 4. The number of carbonyl (C=O) groups is 2. The zero-order valence-corrected chi connectivity index (χ0v) is 31.1. The normalized spacial score (nSPS) is 13.3. The number of aromatic carboxylic acids is 1. The van der Waals surface area contributed by atoms with E-state index in [1.54, 1.807) is 18.5 Å². The highest BCUT2D eigenvalue weighted by atomic mass is 35.5. The summed E-state index contributed by atoms with van der Waals surface area (Å²) in [5, 5.41) is 17.3. The maximum atomic E-state index is 12.4. The molecule has 2 saturated carbocycles. The minimum Gasteiger partial charge on any atom is -0.478 e. The van der Waals surface area contributed by atoms with Crippen molar-refractivity contribution in [3.05, 3.63) is 154 Å². The number of carbonyl (C=O) groups excluding carboxylic acids is 1. The van der Waals surface area contributed by atoms with Crippen molar-refractivity contribution >= 4 is 57.9 Å². The van der Waals surface area contributed by atoms with Crippen molar-refractivity contribution in [2.45, 2.75) is 44.4 Å². The summed E-state index contributed by atoms with van der Waals surface area (Å²) in [4.78, 5) is 33.0. The largest absolute Gasteiger partial charge is 0.478 e. The van der Waals surface area contributed by atoms with Gasteiger partial charge in [0.05, 0.1) is 64.3 Å². The summed E-state index contributed by atoms with van der Waals surface area (Å²) >= 11 is 12.5. The molecule has 10 heteroatoms. The number of carboxylic acids is 1. The van der Waals surface area contributed by atoms with Crippen LogP contribution in [-0.2, 0) is 4.74 Å². The minimum atomic E-state index is -0.935. The van der Waals surface area contributed by atoms with Gasteiger partial charge in [-0.1, -0.05) is 71.7 Å². The summed E-state index contributed by atoms with van der Waals surface area (Å²) in [6.07, 6.45) is 8.06. The van der Waals surface area contributed by atoms with E-state index in [2.05, 4.69) is 26.7 Å². The zero-order chi connectivity index (χ0) is 37.6. The van der Waals surface area contributed by atoms with Gasteiger partial charge in [0.2, 0.25) is 0 Å². The molecule has 8 nitrogen and oxygen atoms in total. The highest BCUT2D eigenvalue weighted by molar-refractivity contribution is 6.33. The molecular formula is C44H38Cl2N4O4. The lowest BCUT2D eigenvalue weighted by Gasteiger charge is -2.13. The summed E-state index contributed by atoms with van der Waals surface area (Å²) < 4.78 is 5.24. The van der Waals surface area contributed by atoms with E-state index >= 15 is 0 Å². The molecule has 0 amide bonds. The van der Waals surface area contributed by atoms with Gasteiger partial charge in [-0.15, -0.1) is 0 Å². The predicted molar refractivity (Wildman–Crippen MR) is 216 cm³/mol. The SMILES string of the molecule is CCOC(=O)c1cc(C2CC2)ccc1Nc1ccc(-c2ccccc2Cl)nc1.O=C(O)c1cc(C2CC2)ccc1Nc1ccc(-c2ccccc2Cl)nc1. The maximum absolute atomic E-state index is 12.4. The molecule has 0 spiro atoms. The van der Waals surface area contributed by atoms with E-state index in [9.17, 15) is 14.7 Å². The molecular weight excluding hydrogens is 719 g/mol. The lowest BCUT2D eigenvalue weighted by molar-refractivity contribution is 0.0527. The smallest absolute Gasteiger partial charge is 0.340 e. The van der Waals surface area contributed by atoms with Crippen LogP contribution in [0.25, 0.3) is 22.5 Å². The topological polar surface area (TPSA) is 113 Å². The second-order valence-electron chi connectivity index (χ2n) is 13.3. The van der Waals surface area contributed by atoms with Gasteiger partial charge in [0.25, 0.3) is 0 Å². The Hall–Kier alpha value is -5.70. The van der Waals surface area contributed by atoms with Crippen LogP contribution >= 0.6 is 23.2 Å². The van der Waals surface area contributed by atoms with Gasteiger partial charge in [-0.05, 0) is 116 Å². The molecule has 0 bridgehead atoms. The number of aromatic nitrogens is 2. The second-order valence-corrected chi connectivity index (χ2v) is 14.1. The summed E-state index contributed by atoms with van der Waals surface area (Å²) in [6, 6.07) is 34.3. The van der Waals surface area contributed by atoms with E-state index in [0.717, 1.165) is 58.0 Å². The van der Waals surface area contributed by atoms with E-state index in [1.807, 2.05) is 104 Å². The van der Waals surface area contributed by atoms with Crippen LogP contribution in [0.15, 0.2) is 122 Å². The van der Waals surface area contributed by atoms with Crippen molar-refractivity contribution in [3.63, 3.8) is 0 Å². The monoisotopic (exact) mass is 756 g/mol. The number of nitrogens with zero attached hydrogens (tertiary/aromatic N) is 2. The first-order chi connectivity index (χ1) is 26.3. The van der Waals surface area contributed by atoms with Crippen LogP contribution in [-0.4, -0.2) is 33.6 Å². The highest BCUT2D eigenvalue weighted by Crippen LogP contribution is 2.42. The Morgan fingerprint density at radius 3 is 1.54 bits per heavy atom. The first-order valence-corrected chi connectivity index (χ1v) is 18.7. The molecule has 6 aromatic rings. The van der Waals surface area contributed by atoms with Crippen molar-refractivity contribution < 1.29 is 19.4 Å². The lowest BCUT2D eigenvalue weighted by Crippen LogP contribution is -2.08. The number of pyridine rings is 2. The predicted octanol–water partition coefficient (Wildman–Crippen LogP) is 11.9. The first kappa shape index (κ1) is 36.6. The second kappa shape index (κ2) is 16.5. The summed E-state index contributed by atoms with van der Waals surface area (Å²) in [5.74, 6) is -0.165. The zero-order valence-electron chi connectivity index (χ0n) is 29.6. The Morgan fingerprint density at radius 2 is 1.13 bits per heavy atom. The number of nitrogens with one attached hydrogen (secondary N) is 2. The van der Waals surface area contributed by atoms with Crippen LogP contribution in [0, 0.1) is 0 Å². The number of carboxylic acid groups (broad SMARTS) is 1. The molecule has 272 valence electrons. The number of hydrogen-bond donors (Lipinski definition) is 3. The minimum absolute atomic E-state index is 0.282. The van der Waals surface area contributed by atoms with Gasteiger partial charge in [0, 0.05) is 21.2 Å². The Bertz CT molecular complexity index is 2290. The van der Waals surface area contributed by atoms with E-state index in [4.69, 9.17) is 27.9 Å². The molecule has 0 unspecified atom stereocenters. The van der Waals surface area contributed by atoms with Crippen LogP contribution in [0.4, 0.5) is 22.7 Å². The Kier molecular flexibility index (Phi) is 11.2. The van der Waals surface area contributed by atoms with Crippen molar-refractivity contribution in [3.8, 4) is 22.5 Å². The molecule has 0 saturated heterocycles. The van der Waals surface area contributed by atoms with E-state index in [-0.39, 0.29) is 11.5 Å². The fraction of sp³-hybridized carbons (Fsp3) is 0.182. The first-order valence-electron chi connectivity index (χ1n) is 17.9. The molecule has 3 N–H and O–H groups in total. The van der Waals surface area contributed by atoms with Gasteiger partial charge < -0.3 is 20.5 Å². The average molecular weight is 758 g/mol. The van der Waals surface area contributed by atoms with Gasteiger partial charge in [-0.2, -0.15) is 0 Å². The van der Waals surface area contributed by atoms with Gasteiger partial charge in [0.1, 0.15) is 0 Å².